The summed E-state index contributed by atoms with van der Waals surface area (Å²) in [6.07, 6.45) is 8.42. The van der Waals surface area contributed by atoms with Gasteiger partial charge in [-0.2, -0.15) is 0 Å². The lowest BCUT2D eigenvalue weighted by molar-refractivity contribution is 0.265. The van der Waals surface area contributed by atoms with E-state index in [9.17, 15) is 4.57 Å². The van der Waals surface area contributed by atoms with Crippen LogP contribution in [0, 0.1) is 0 Å². The highest BCUT2D eigenvalue weighted by atomic mass is 31.2. The summed E-state index contributed by atoms with van der Waals surface area (Å²) in [5, 5.41) is 0.677. The van der Waals surface area contributed by atoms with E-state index in [1.165, 1.54) is 32.1 Å². The van der Waals surface area contributed by atoms with Crippen LogP contribution in [0.4, 0.5) is 0 Å². The van der Waals surface area contributed by atoms with Gasteiger partial charge >= 0.3 is 7.60 Å². The zero-order chi connectivity index (χ0) is 17.5. The second kappa shape index (κ2) is 8.69. The molecule has 134 valence electrons. The molecule has 0 N–H and O–H groups in total. The third kappa shape index (κ3) is 4.34. The predicted molar refractivity (Wildman–Crippen MR) is 104 cm³/mol. The van der Waals surface area contributed by atoms with Gasteiger partial charge in [-0.15, -0.1) is 0 Å². The fourth-order valence-corrected chi connectivity index (χ4v) is 5.06. The van der Waals surface area contributed by atoms with E-state index >= 15 is 0 Å². The molecule has 25 heavy (non-hydrogen) atoms. The number of benzene rings is 2. The second-order valence-electron chi connectivity index (χ2n) is 6.56. The van der Waals surface area contributed by atoms with Crippen molar-refractivity contribution >= 4 is 12.9 Å². The SMILES string of the molecule is CCCCCCCCCOP1(=O)Oc2ccccc2-c2ccccc21. The van der Waals surface area contributed by atoms with Gasteiger partial charge in [-0.05, 0) is 18.6 Å². The van der Waals surface area contributed by atoms with Crippen LogP contribution in [0.1, 0.15) is 51.9 Å². The van der Waals surface area contributed by atoms with E-state index < -0.39 is 7.60 Å². The van der Waals surface area contributed by atoms with Crippen LogP contribution >= 0.6 is 7.60 Å². The fourth-order valence-electron chi connectivity index (χ4n) is 3.23. The highest BCUT2D eigenvalue weighted by Crippen LogP contribution is 2.55. The lowest BCUT2D eigenvalue weighted by atomic mass is 10.0. The smallest absolute Gasteiger partial charge is 0.411 e. The monoisotopic (exact) mass is 358 g/mol. The molecule has 0 saturated heterocycles. The topological polar surface area (TPSA) is 35.5 Å². The maximum absolute atomic E-state index is 13.3. The Morgan fingerprint density at radius 2 is 1.48 bits per heavy atom. The minimum Gasteiger partial charge on any atom is -0.421 e. The molecule has 1 atom stereocenters. The van der Waals surface area contributed by atoms with E-state index in [0.717, 1.165) is 24.0 Å². The Bertz CT molecular complexity index is 741. The Hall–Kier alpha value is -1.57. The Labute approximate surface area is 150 Å². The number of fused-ring (bicyclic) bond motifs is 3. The van der Waals surface area contributed by atoms with E-state index in [4.69, 9.17) is 9.05 Å². The van der Waals surface area contributed by atoms with Crippen molar-refractivity contribution in [3.05, 3.63) is 48.5 Å². The van der Waals surface area contributed by atoms with Crippen LogP contribution in [0.15, 0.2) is 48.5 Å². The Balaban J connectivity index is 1.61. The molecule has 2 aromatic carbocycles. The lowest BCUT2D eigenvalue weighted by Crippen LogP contribution is -2.19. The van der Waals surface area contributed by atoms with Gasteiger partial charge in [0.15, 0.2) is 0 Å². The molecule has 1 aliphatic rings. The van der Waals surface area contributed by atoms with Crippen molar-refractivity contribution in [3.63, 3.8) is 0 Å². The predicted octanol–water partition coefficient (Wildman–Crippen LogP) is 6.33. The molecular weight excluding hydrogens is 331 g/mol. The Kier molecular flexibility index (Phi) is 6.34. The number of para-hydroxylation sites is 1. The fraction of sp³-hybridized carbons (Fsp3) is 0.429. The highest BCUT2D eigenvalue weighted by molar-refractivity contribution is 7.63. The first-order valence-corrected chi connectivity index (χ1v) is 10.9. The highest BCUT2D eigenvalue weighted by Gasteiger charge is 2.37. The summed E-state index contributed by atoms with van der Waals surface area (Å²) in [7, 11) is -3.30. The van der Waals surface area contributed by atoms with Crippen LogP contribution in [-0.2, 0) is 9.09 Å². The summed E-state index contributed by atoms with van der Waals surface area (Å²) in [6, 6.07) is 15.4. The summed E-state index contributed by atoms with van der Waals surface area (Å²) >= 11 is 0. The van der Waals surface area contributed by atoms with Crippen molar-refractivity contribution < 1.29 is 13.6 Å². The van der Waals surface area contributed by atoms with Gasteiger partial charge in [0.25, 0.3) is 0 Å². The third-order valence-corrected chi connectivity index (χ3v) is 6.54. The number of hydrogen-bond donors (Lipinski definition) is 0. The summed E-state index contributed by atoms with van der Waals surface area (Å²) in [5.41, 5.74) is 1.93. The zero-order valence-electron chi connectivity index (χ0n) is 14.9. The van der Waals surface area contributed by atoms with Crippen molar-refractivity contribution in [1.29, 1.82) is 0 Å². The standard InChI is InChI=1S/C21H27O3P/c1-2-3-4-5-6-7-12-17-23-25(22)21-16-11-9-14-19(21)18-13-8-10-15-20(18)24-25/h8-11,13-16H,2-7,12,17H2,1H3. The molecule has 1 heterocycles. The molecule has 0 spiro atoms. The largest absolute Gasteiger partial charge is 0.421 e. The normalized spacial score (nSPS) is 18.3. The molecular formula is C21H27O3P. The average molecular weight is 358 g/mol. The van der Waals surface area contributed by atoms with Crippen LogP contribution in [0.5, 0.6) is 5.75 Å². The lowest BCUT2D eigenvalue weighted by Gasteiger charge is -2.27. The molecule has 0 radical (unpaired) electrons. The third-order valence-electron chi connectivity index (χ3n) is 4.60. The van der Waals surface area contributed by atoms with Crippen molar-refractivity contribution in [2.75, 3.05) is 6.61 Å². The van der Waals surface area contributed by atoms with Gasteiger partial charge in [0.05, 0.1) is 11.9 Å². The van der Waals surface area contributed by atoms with Crippen LogP contribution in [-0.4, -0.2) is 6.61 Å². The summed E-state index contributed by atoms with van der Waals surface area (Å²) in [5.74, 6) is 0.643. The Morgan fingerprint density at radius 3 is 2.28 bits per heavy atom. The summed E-state index contributed by atoms with van der Waals surface area (Å²) in [6.45, 7) is 2.70. The molecule has 2 aromatic rings. The molecule has 0 amide bonds. The minimum absolute atomic E-state index is 0.474. The van der Waals surface area contributed by atoms with Gasteiger partial charge in [0.2, 0.25) is 0 Å². The van der Waals surface area contributed by atoms with Gasteiger partial charge in [0, 0.05) is 11.1 Å². The van der Waals surface area contributed by atoms with Gasteiger partial charge in [0.1, 0.15) is 5.75 Å². The minimum atomic E-state index is -3.30. The first-order chi connectivity index (χ1) is 12.2. The van der Waals surface area contributed by atoms with Crippen molar-refractivity contribution in [1.82, 2.24) is 0 Å². The van der Waals surface area contributed by atoms with Gasteiger partial charge in [-0.3, -0.25) is 4.52 Å². The van der Waals surface area contributed by atoms with Crippen molar-refractivity contribution in [3.8, 4) is 16.9 Å². The maximum Gasteiger partial charge on any atom is 0.411 e. The molecule has 1 unspecified atom stereocenters. The van der Waals surface area contributed by atoms with Crippen molar-refractivity contribution in [2.24, 2.45) is 0 Å². The molecule has 0 aromatic heterocycles. The molecule has 1 aliphatic heterocycles. The Morgan fingerprint density at radius 1 is 0.840 bits per heavy atom. The maximum atomic E-state index is 13.3. The molecule has 3 rings (SSSR count). The molecule has 4 heteroatoms. The van der Waals surface area contributed by atoms with Gasteiger partial charge < -0.3 is 4.52 Å². The van der Waals surface area contributed by atoms with Crippen LogP contribution < -0.4 is 9.83 Å². The number of hydrogen-bond acceptors (Lipinski definition) is 3. The van der Waals surface area contributed by atoms with Gasteiger partial charge in [-0.1, -0.05) is 81.8 Å². The average Bonchev–Trinajstić information content (AvgIpc) is 2.64. The van der Waals surface area contributed by atoms with Gasteiger partial charge in [-0.25, -0.2) is 4.57 Å². The van der Waals surface area contributed by atoms with E-state index in [0.29, 0.717) is 17.7 Å². The molecule has 0 bridgehead atoms. The van der Waals surface area contributed by atoms with Crippen molar-refractivity contribution in [2.45, 2.75) is 51.9 Å². The summed E-state index contributed by atoms with van der Waals surface area (Å²) in [4.78, 5) is 0. The van der Waals surface area contributed by atoms with E-state index in [2.05, 4.69) is 6.92 Å². The number of unbranched alkanes of at least 4 members (excludes halogenated alkanes) is 6. The zero-order valence-corrected chi connectivity index (χ0v) is 15.8. The summed E-state index contributed by atoms with van der Waals surface area (Å²) < 4.78 is 25.0. The van der Waals surface area contributed by atoms with Crippen LogP contribution in [0.2, 0.25) is 0 Å². The van der Waals surface area contributed by atoms with Crippen LogP contribution in [0.3, 0.4) is 0 Å². The number of rotatable bonds is 9. The quantitative estimate of drug-likeness (QED) is 0.388. The van der Waals surface area contributed by atoms with E-state index in [-0.39, 0.29) is 0 Å². The van der Waals surface area contributed by atoms with E-state index in [1.54, 1.807) is 0 Å². The second-order valence-corrected chi connectivity index (χ2v) is 8.47. The molecule has 0 fully saturated rings. The molecule has 3 nitrogen and oxygen atoms in total. The van der Waals surface area contributed by atoms with Crippen LogP contribution in [0.25, 0.3) is 11.1 Å². The first-order valence-electron chi connectivity index (χ1n) is 9.38. The molecule has 0 saturated carbocycles. The van der Waals surface area contributed by atoms with E-state index in [1.807, 2.05) is 48.5 Å². The molecule has 0 aliphatic carbocycles. The first kappa shape index (κ1) is 18.2.